The highest BCUT2D eigenvalue weighted by atomic mass is 35.5. The van der Waals surface area contributed by atoms with Crippen LogP contribution in [0.5, 0.6) is 0 Å². The Hall–Kier alpha value is -2.92. The molecule has 0 saturated heterocycles. The van der Waals surface area contributed by atoms with Crippen LogP contribution in [0.2, 0.25) is 5.02 Å². The van der Waals surface area contributed by atoms with Crippen LogP contribution < -0.4 is 10.6 Å². The summed E-state index contributed by atoms with van der Waals surface area (Å²) in [5, 5.41) is 6.79. The van der Waals surface area contributed by atoms with Crippen molar-refractivity contribution in [3.63, 3.8) is 0 Å². The van der Waals surface area contributed by atoms with Crippen LogP contribution in [0.25, 0.3) is 16.8 Å². The smallest absolute Gasteiger partial charge is 0.132 e. The highest BCUT2D eigenvalue weighted by Gasteiger charge is 2.12. The Kier molecular flexibility index (Phi) is 5.19. The minimum Gasteiger partial charge on any atom is -0.373 e. The number of nitrogens with one attached hydrogen (secondary N) is 2. The number of aromatic nitrogens is 2. The summed E-state index contributed by atoms with van der Waals surface area (Å²) in [7, 11) is 1.80. The summed E-state index contributed by atoms with van der Waals surface area (Å²) < 4.78 is 14.2. The molecule has 0 bridgehead atoms. The minimum absolute atomic E-state index is 0.347. The molecule has 132 valence electrons. The van der Waals surface area contributed by atoms with Crippen LogP contribution in [0.3, 0.4) is 0 Å². The van der Waals surface area contributed by atoms with E-state index >= 15 is 0 Å². The average molecular weight is 369 g/mol. The molecule has 0 unspecified atom stereocenters. The van der Waals surface area contributed by atoms with E-state index in [4.69, 9.17) is 11.6 Å². The van der Waals surface area contributed by atoms with Gasteiger partial charge in [-0.1, -0.05) is 18.2 Å². The van der Waals surface area contributed by atoms with Crippen molar-refractivity contribution in [3.8, 4) is 11.3 Å². The molecule has 26 heavy (non-hydrogen) atoms. The van der Waals surface area contributed by atoms with Crippen molar-refractivity contribution in [1.82, 2.24) is 9.97 Å². The number of nitrogens with zero attached hydrogens (tertiary/aromatic N) is 2. The molecule has 2 aromatic heterocycles. The third-order valence-electron chi connectivity index (χ3n) is 3.86. The second-order valence-corrected chi connectivity index (χ2v) is 6.26. The van der Waals surface area contributed by atoms with Gasteiger partial charge in [0.25, 0.3) is 0 Å². The summed E-state index contributed by atoms with van der Waals surface area (Å²) in [6.07, 6.45) is 3.38. The molecule has 0 amide bonds. The molecule has 4 nitrogen and oxygen atoms in total. The number of allylic oxidation sites excluding steroid dienone is 1. The zero-order chi connectivity index (χ0) is 18.7. The molecule has 0 aliphatic carbocycles. The van der Waals surface area contributed by atoms with Crippen LogP contribution in [0.15, 0.2) is 55.4 Å². The Bertz CT molecular complexity index is 972. The summed E-state index contributed by atoms with van der Waals surface area (Å²) in [6.45, 7) is 5.89. The summed E-state index contributed by atoms with van der Waals surface area (Å²) in [5.74, 6) is 0.361. The molecule has 0 aliphatic heterocycles. The van der Waals surface area contributed by atoms with Gasteiger partial charge in [0.05, 0.1) is 5.69 Å². The number of hydrogen-bond acceptors (Lipinski definition) is 4. The van der Waals surface area contributed by atoms with E-state index in [2.05, 4.69) is 27.2 Å². The van der Waals surface area contributed by atoms with E-state index in [1.54, 1.807) is 31.6 Å². The summed E-state index contributed by atoms with van der Waals surface area (Å²) >= 11 is 6.01. The first kappa shape index (κ1) is 17.9. The van der Waals surface area contributed by atoms with Gasteiger partial charge < -0.3 is 10.6 Å². The molecule has 0 saturated carbocycles. The lowest BCUT2D eigenvalue weighted by Crippen LogP contribution is -1.99. The Morgan fingerprint density at radius 1 is 1.15 bits per heavy atom. The van der Waals surface area contributed by atoms with E-state index in [1.807, 2.05) is 19.1 Å². The van der Waals surface area contributed by atoms with Crippen molar-refractivity contribution < 1.29 is 4.39 Å². The van der Waals surface area contributed by atoms with E-state index in [0.717, 1.165) is 28.3 Å². The van der Waals surface area contributed by atoms with E-state index in [9.17, 15) is 4.39 Å². The molecule has 0 atom stereocenters. The third-order valence-corrected chi connectivity index (χ3v) is 4.10. The zero-order valence-electron chi connectivity index (χ0n) is 14.5. The highest BCUT2D eigenvalue weighted by molar-refractivity contribution is 6.30. The van der Waals surface area contributed by atoms with Crippen LogP contribution in [-0.2, 0) is 0 Å². The quantitative estimate of drug-likeness (QED) is 0.601. The van der Waals surface area contributed by atoms with Gasteiger partial charge in [-0.25, -0.2) is 9.37 Å². The molecule has 2 heterocycles. The third kappa shape index (κ3) is 3.83. The Labute approximate surface area is 156 Å². The SMILES string of the molecule is C=C(C)c1cnc(-c2cc(Cl)ccc2F)cc1Nc1ccnc(NC)c1. The predicted octanol–water partition coefficient (Wildman–Crippen LogP) is 5.75. The molecule has 6 heteroatoms. The fourth-order valence-corrected chi connectivity index (χ4v) is 2.71. The monoisotopic (exact) mass is 368 g/mol. The Morgan fingerprint density at radius 3 is 2.69 bits per heavy atom. The highest BCUT2D eigenvalue weighted by Crippen LogP contribution is 2.32. The number of benzene rings is 1. The van der Waals surface area contributed by atoms with Crippen LogP contribution in [-0.4, -0.2) is 17.0 Å². The average Bonchev–Trinajstić information content (AvgIpc) is 2.63. The van der Waals surface area contributed by atoms with Crippen LogP contribution >= 0.6 is 11.6 Å². The molecule has 1 aromatic carbocycles. The largest absolute Gasteiger partial charge is 0.373 e. The lowest BCUT2D eigenvalue weighted by atomic mass is 10.0. The first-order valence-corrected chi connectivity index (χ1v) is 8.38. The van der Waals surface area contributed by atoms with Crippen molar-refractivity contribution >= 4 is 34.4 Å². The van der Waals surface area contributed by atoms with Crippen molar-refractivity contribution in [1.29, 1.82) is 0 Å². The molecule has 3 aromatic rings. The van der Waals surface area contributed by atoms with Crippen LogP contribution in [0.4, 0.5) is 21.6 Å². The van der Waals surface area contributed by atoms with E-state index < -0.39 is 0 Å². The number of hydrogen-bond donors (Lipinski definition) is 2. The maximum Gasteiger partial charge on any atom is 0.132 e. The van der Waals surface area contributed by atoms with Crippen LogP contribution in [0, 0.1) is 5.82 Å². The lowest BCUT2D eigenvalue weighted by Gasteiger charge is -2.14. The fourth-order valence-electron chi connectivity index (χ4n) is 2.54. The zero-order valence-corrected chi connectivity index (χ0v) is 15.2. The van der Waals surface area contributed by atoms with Crippen molar-refractivity contribution in [2.75, 3.05) is 17.7 Å². The lowest BCUT2D eigenvalue weighted by molar-refractivity contribution is 0.631. The number of anilines is 3. The van der Waals surface area contributed by atoms with Gasteiger partial charge in [-0.15, -0.1) is 0 Å². The summed E-state index contributed by atoms with van der Waals surface area (Å²) in [6, 6.07) is 9.93. The maximum absolute atomic E-state index is 14.2. The number of halogens is 2. The first-order valence-electron chi connectivity index (χ1n) is 8.00. The van der Waals surface area contributed by atoms with Gasteiger partial charge in [0.15, 0.2) is 0 Å². The van der Waals surface area contributed by atoms with Gasteiger partial charge in [0, 0.05) is 53.0 Å². The number of pyridine rings is 2. The summed E-state index contributed by atoms with van der Waals surface area (Å²) in [5.41, 5.74) is 4.14. The summed E-state index contributed by atoms with van der Waals surface area (Å²) in [4.78, 5) is 8.58. The molecular formula is C20H18ClFN4. The second-order valence-electron chi connectivity index (χ2n) is 5.82. The molecule has 0 spiro atoms. The molecular weight excluding hydrogens is 351 g/mol. The standard InChI is InChI=1S/C20H18ClFN4/c1-12(2)16-11-25-18(15-8-13(21)4-5-17(15)22)10-19(16)26-14-6-7-24-20(9-14)23-3/h4-11H,1H2,2-3H3,(H2,23,24,25,26). The molecule has 0 radical (unpaired) electrons. The fraction of sp³-hybridized carbons (Fsp3) is 0.100. The predicted molar refractivity (Wildman–Crippen MR) is 106 cm³/mol. The Morgan fingerprint density at radius 2 is 1.96 bits per heavy atom. The van der Waals surface area contributed by atoms with E-state index in [-0.39, 0.29) is 5.82 Å². The van der Waals surface area contributed by atoms with Gasteiger partial charge in [-0.3, -0.25) is 4.98 Å². The first-order chi connectivity index (χ1) is 12.5. The van der Waals surface area contributed by atoms with Crippen molar-refractivity contribution in [2.24, 2.45) is 0 Å². The van der Waals surface area contributed by atoms with Crippen molar-refractivity contribution in [3.05, 3.63) is 71.8 Å². The topological polar surface area (TPSA) is 49.8 Å². The van der Waals surface area contributed by atoms with Gasteiger partial charge >= 0.3 is 0 Å². The van der Waals surface area contributed by atoms with Gasteiger partial charge in [-0.2, -0.15) is 0 Å². The molecule has 3 rings (SSSR count). The van der Waals surface area contributed by atoms with Crippen LogP contribution in [0.1, 0.15) is 12.5 Å². The molecule has 2 N–H and O–H groups in total. The van der Waals surface area contributed by atoms with E-state index in [0.29, 0.717) is 16.3 Å². The van der Waals surface area contributed by atoms with E-state index in [1.165, 1.54) is 12.1 Å². The molecule has 0 aliphatic rings. The van der Waals surface area contributed by atoms with Gasteiger partial charge in [0.1, 0.15) is 11.6 Å². The van der Waals surface area contributed by atoms with Gasteiger partial charge in [0.2, 0.25) is 0 Å². The van der Waals surface area contributed by atoms with Gasteiger partial charge in [-0.05, 0) is 42.8 Å². The maximum atomic E-state index is 14.2. The van der Waals surface area contributed by atoms with Crippen molar-refractivity contribution in [2.45, 2.75) is 6.92 Å². The second kappa shape index (κ2) is 7.54. The molecule has 0 fully saturated rings. The Balaban J connectivity index is 2.07. The number of rotatable bonds is 5. The normalized spacial score (nSPS) is 10.5. The minimum atomic E-state index is -0.377.